The van der Waals surface area contributed by atoms with Crippen LogP contribution in [-0.4, -0.2) is 12.4 Å². The second-order valence-electron chi connectivity index (χ2n) is 6.46. The van der Waals surface area contributed by atoms with Gasteiger partial charge in [-0.15, -0.1) is 0 Å². The van der Waals surface area contributed by atoms with Crippen molar-refractivity contribution in [1.82, 2.24) is 0 Å². The van der Waals surface area contributed by atoms with Crippen molar-refractivity contribution in [3.05, 3.63) is 0 Å². The van der Waals surface area contributed by atoms with Gasteiger partial charge in [-0.05, 0) is 62.7 Å². The average molecular weight is 220 g/mol. The summed E-state index contributed by atoms with van der Waals surface area (Å²) in [5.74, 6) is 3.93. The molecule has 0 aromatic rings. The molecule has 4 aliphatic carbocycles. The highest BCUT2D eigenvalue weighted by molar-refractivity contribution is 5.87. The van der Waals surface area contributed by atoms with Crippen LogP contribution in [0.1, 0.15) is 51.9 Å². The van der Waals surface area contributed by atoms with Gasteiger partial charge in [0.2, 0.25) is 0 Å². The summed E-state index contributed by atoms with van der Waals surface area (Å²) < 4.78 is 0. The Bertz CT molecular complexity index is 271. The zero-order chi connectivity index (χ0) is 11.2. The van der Waals surface area contributed by atoms with E-state index in [0.29, 0.717) is 5.41 Å². The number of hydrogen-bond acceptors (Lipinski definition) is 1. The highest BCUT2D eigenvalue weighted by Crippen LogP contribution is 2.60. The number of hydrogen-bond donors (Lipinski definition) is 1. The zero-order valence-corrected chi connectivity index (χ0v) is 10.4. The van der Waals surface area contributed by atoms with Crippen molar-refractivity contribution in [1.29, 1.82) is 0 Å². The van der Waals surface area contributed by atoms with E-state index in [1.165, 1.54) is 38.5 Å². The molecule has 0 amide bonds. The van der Waals surface area contributed by atoms with E-state index in [9.17, 15) is 0 Å². The van der Waals surface area contributed by atoms with Gasteiger partial charge in [-0.3, -0.25) is 4.99 Å². The molecule has 16 heavy (non-hydrogen) atoms. The van der Waals surface area contributed by atoms with Gasteiger partial charge in [-0.1, -0.05) is 6.92 Å². The van der Waals surface area contributed by atoms with Crippen molar-refractivity contribution in [3.8, 4) is 0 Å². The molecular weight excluding hydrogens is 196 g/mol. The Balaban J connectivity index is 1.82. The predicted molar refractivity (Wildman–Crippen MR) is 67.4 cm³/mol. The summed E-state index contributed by atoms with van der Waals surface area (Å²) in [6.45, 7) is 3.10. The summed E-state index contributed by atoms with van der Waals surface area (Å²) >= 11 is 0. The molecule has 4 aliphatic rings. The standard InChI is InChI=1S/C14H24N2/c1-2-3-16-13(15)14-7-10-4-11(8-14)6-12(5-10)9-14/h10-12H,2-9H2,1H3,(H2,15,16). The molecule has 2 nitrogen and oxygen atoms in total. The molecule has 0 atom stereocenters. The van der Waals surface area contributed by atoms with E-state index in [4.69, 9.17) is 5.73 Å². The van der Waals surface area contributed by atoms with E-state index in [1.807, 2.05) is 0 Å². The van der Waals surface area contributed by atoms with Crippen molar-refractivity contribution in [2.24, 2.45) is 33.9 Å². The van der Waals surface area contributed by atoms with Gasteiger partial charge < -0.3 is 5.73 Å². The minimum absolute atomic E-state index is 0.337. The third kappa shape index (κ3) is 1.57. The van der Waals surface area contributed by atoms with E-state index >= 15 is 0 Å². The SMILES string of the molecule is CCCN=C(N)C12CC3CC(CC(C3)C1)C2. The minimum Gasteiger partial charge on any atom is -0.387 e. The molecule has 4 rings (SSSR count). The molecule has 0 aliphatic heterocycles. The Morgan fingerprint density at radius 1 is 1.12 bits per heavy atom. The second kappa shape index (κ2) is 3.75. The molecule has 4 saturated carbocycles. The fourth-order valence-electron chi connectivity index (χ4n) is 4.82. The molecule has 2 heteroatoms. The van der Waals surface area contributed by atoms with E-state index in [0.717, 1.165) is 36.6 Å². The van der Waals surface area contributed by atoms with Crippen molar-refractivity contribution in [2.45, 2.75) is 51.9 Å². The van der Waals surface area contributed by atoms with Gasteiger partial charge in [0.1, 0.15) is 0 Å². The van der Waals surface area contributed by atoms with Gasteiger partial charge in [0.15, 0.2) is 0 Å². The molecule has 0 radical (unpaired) electrons. The number of amidine groups is 1. The third-order valence-electron chi connectivity index (χ3n) is 5.09. The van der Waals surface area contributed by atoms with Crippen LogP contribution in [0.2, 0.25) is 0 Å². The van der Waals surface area contributed by atoms with Gasteiger partial charge >= 0.3 is 0 Å². The van der Waals surface area contributed by atoms with Crippen molar-refractivity contribution in [3.63, 3.8) is 0 Å². The van der Waals surface area contributed by atoms with Gasteiger partial charge in [0, 0.05) is 12.0 Å². The maximum Gasteiger partial charge on any atom is 0.0999 e. The Morgan fingerprint density at radius 3 is 2.06 bits per heavy atom. The lowest BCUT2D eigenvalue weighted by molar-refractivity contribution is -0.0130. The Hall–Kier alpha value is -0.530. The molecule has 4 bridgehead atoms. The van der Waals surface area contributed by atoms with Crippen LogP contribution in [0.5, 0.6) is 0 Å². The Kier molecular flexibility index (Phi) is 2.49. The van der Waals surface area contributed by atoms with Crippen LogP contribution < -0.4 is 5.73 Å². The summed E-state index contributed by atoms with van der Waals surface area (Å²) in [6, 6.07) is 0. The van der Waals surface area contributed by atoms with Gasteiger partial charge in [0.05, 0.1) is 5.84 Å². The van der Waals surface area contributed by atoms with Crippen molar-refractivity contribution < 1.29 is 0 Å². The number of aliphatic imine (C=N–C) groups is 1. The highest BCUT2D eigenvalue weighted by Gasteiger charge is 2.52. The fourth-order valence-corrected chi connectivity index (χ4v) is 4.82. The molecule has 0 aromatic heterocycles. The van der Waals surface area contributed by atoms with E-state index in [1.54, 1.807) is 0 Å². The molecule has 0 aromatic carbocycles. The van der Waals surface area contributed by atoms with E-state index < -0.39 is 0 Å². The molecule has 0 saturated heterocycles. The lowest BCUT2D eigenvalue weighted by Crippen LogP contribution is -2.52. The number of nitrogens with zero attached hydrogens (tertiary/aromatic N) is 1. The van der Waals surface area contributed by atoms with Crippen LogP contribution in [0.15, 0.2) is 4.99 Å². The van der Waals surface area contributed by atoms with Crippen LogP contribution in [0, 0.1) is 23.2 Å². The maximum absolute atomic E-state index is 6.31. The van der Waals surface area contributed by atoms with Gasteiger partial charge in [0.25, 0.3) is 0 Å². The van der Waals surface area contributed by atoms with Gasteiger partial charge in [-0.2, -0.15) is 0 Å². The first-order chi connectivity index (χ1) is 7.72. The average Bonchev–Trinajstić information content (AvgIpc) is 2.24. The van der Waals surface area contributed by atoms with Gasteiger partial charge in [-0.25, -0.2) is 0 Å². The monoisotopic (exact) mass is 220 g/mol. The normalized spacial score (nSPS) is 46.3. The number of nitrogens with two attached hydrogens (primary N) is 1. The summed E-state index contributed by atoms with van der Waals surface area (Å²) in [4.78, 5) is 4.63. The van der Waals surface area contributed by atoms with Crippen LogP contribution in [0.25, 0.3) is 0 Å². The van der Waals surface area contributed by atoms with E-state index in [2.05, 4.69) is 11.9 Å². The Labute approximate surface area is 98.7 Å². The molecule has 4 fully saturated rings. The Morgan fingerprint density at radius 2 is 1.62 bits per heavy atom. The fraction of sp³-hybridized carbons (Fsp3) is 0.929. The highest BCUT2D eigenvalue weighted by atomic mass is 14.9. The first-order valence-electron chi connectivity index (χ1n) is 7.02. The summed E-state index contributed by atoms with van der Waals surface area (Å²) in [5, 5.41) is 0. The smallest absolute Gasteiger partial charge is 0.0999 e. The lowest BCUT2D eigenvalue weighted by atomic mass is 9.49. The maximum atomic E-state index is 6.31. The second-order valence-corrected chi connectivity index (χ2v) is 6.46. The van der Waals surface area contributed by atoms with Crippen molar-refractivity contribution in [2.75, 3.05) is 6.54 Å². The van der Waals surface area contributed by atoms with E-state index in [-0.39, 0.29) is 0 Å². The van der Waals surface area contributed by atoms with Crippen LogP contribution in [0.4, 0.5) is 0 Å². The van der Waals surface area contributed by atoms with Crippen LogP contribution >= 0.6 is 0 Å². The van der Waals surface area contributed by atoms with Crippen molar-refractivity contribution >= 4 is 5.84 Å². The summed E-state index contributed by atoms with van der Waals surface area (Å²) in [5.41, 5.74) is 6.65. The predicted octanol–water partition coefficient (Wildman–Crippen LogP) is 2.97. The first kappa shape index (κ1) is 10.6. The lowest BCUT2D eigenvalue weighted by Gasteiger charge is -2.56. The summed E-state index contributed by atoms with van der Waals surface area (Å²) in [6.07, 6.45) is 9.61. The number of rotatable bonds is 3. The largest absolute Gasteiger partial charge is 0.387 e. The third-order valence-corrected chi connectivity index (χ3v) is 5.09. The molecule has 0 spiro atoms. The molecular formula is C14H24N2. The van der Waals surface area contributed by atoms with Crippen LogP contribution in [-0.2, 0) is 0 Å². The molecule has 0 unspecified atom stereocenters. The summed E-state index contributed by atoms with van der Waals surface area (Å²) in [7, 11) is 0. The van der Waals surface area contributed by atoms with Crippen LogP contribution in [0.3, 0.4) is 0 Å². The molecule has 90 valence electrons. The molecule has 0 heterocycles. The quantitative estimate of drug-likeness (QED) is 0.576. The zero-order valence-electron chi connectivity index (χ0n) is 10.4. The first-order valence-corrected chi connectivity index (χ1v) is 7.02. The molecule has 2 N–H and O–H groups in total. The topological polar surface area (TPSA) is 38.4 Å². The minimum atomic E-state index is 0.337.